The molecule has 0 saturated heterocycles. The molecule has 0 aliphatic rings. The van der Waals surface area contributed by atoms with Gasteiger partial charge in [-0.05, 0) is 30.7 Å². The van der Waals surface area contributed by atoms with Crippen LogP contribution in [-0.2, 0) is 6.54 Å². The van der Waals surface area contributed by atoms with Gasteiger partial charge in [0, 0.05) is 6.54 Å². The van der Waals surface area contributed by atoms with E-state index < -0.39 is 11.7 Å². The lowest BCUT2D eigenvalue weighted by Crippen LogP contribution is -2.32. The van der Waals surface area contributed by atoms with Crippen molar-refractivity contribution in [1.29, 1.82) is 5.26 Å². The Morgan fingerprint density at radius 2 is 2.19 bits per heavy atom. The summed E-state index contributed by atoms with van der Waals surface area (Å²) in [7, 11) is 0. The van der Waals surface area contributed by atoms with Crippen LogP contribution in [-0.4, -0.2) is 17.4 Å². The number of amides is 1. The van der Waals surface area contributed by atoms with E-state index in [1.165, 1.54) is 17.2 Å². The van der Waals surface area contributed by atoms with E-state index in [-0.39, 0.29) is 25.1 Å². The van der Waals surface area contributed by atoms with Gasteiger partial charge in [0.1, 0.15) is 11.6 Å². The molecular formula is C16H15FN2O2. The molecule has 1 heterocycles. The summed E-state index contributed by atoms with van der Waals surface area (Å²) in [4.78, 5) is 13.9. The summed E-state index contributed by atoms with van der Waals surface area (Å²) in [6.07, 6.45) is 1.69. The lowest BCUT2D eigenvalue weighted by molar-refractivity contribution is 0.0730. The summed E-state index contributed by atoms with van der Waals surface area (Å²) in [6, 6.07) is 10.1. The van der Waals surface area contributed by atoms with Crippen molar-refractivity contribution in [3.63, 3.8) is 0 Å². The molecule has 1 aromatic heterocycles. The molecule has 4 nitrogen and oxygen atoms in total. The number of nitriles is 1. The van der Waals surface area contributed by atoms with Crippen molar-refractivity contribution in [2.45, 2.75) is 19.9 Å². The fourth-order valence-corrected chi connectivity index (χ4v) is 2.01. The van der Waals surface area contributed by atoms with Crippen molar-refractivity contribution in [3.05, 3.63) is 59.3 Å². The molecule has 2 aromatic rings. The highest BCUT2D eigenvalue weighted by Gasteiger charge is 2.20. The molecular weight excluding hydrogens is 271 g/mol. The van der Waals surface area contributed by atoms with Crippen molar-refractivity contribution in [2.75, 3.05) is 6.54 Å². The van der Waals surface area contributed by atoms with Gasteiger partial charge in [0.2, 0.25) is 0 Å². The summed E-state index contributed by atoms with van der Waals surface area (Å²) in [5.41, 5.74) is 0.429. The number of hydrogen-bond acceptors (Lipinski definition) is 3. The predicted molar refractivity (Wildman–Crippen MR) is 74.8 cm³/mol. The highest BCUT2D eigenvalue weighted by molar-refractivity contribution is 5.94. The van der Waals surface area contributed by atoms with E-state index in [9.17, 15) is 9.18 Å². The molecule has 0 unspecified atom stereocenters. The molecule has 2 rings (SSSR count). The molecule has 0 radical (unpaired) electrons. The molecule has 0 saturated carbocycles. The predicted octanol–water partition coefficient (Wildman–Crippen LogP) is 3.28. The zero-order valence-electron chi connectivity index (χ0n) is 11.7. The number of carbonyl (C=O) groups is 1. The Morgan fingerprint density at radius 3 is 2.86 bits per heavy atom. The van der Waals surface area contributed by atoms with Crippen LogP contribution in [0, 0.1) is 24.1 Å². The van der Waals surface area contributed by atoms with Crippen molar-refractivity contribution < 1.29 is 13.6 Å². The standard InChI is InChI=1S/C16H15FN2O2/c1-12-5-2-7-14(15(12)17)16(20)19(9-4-8-18)11-13-6-3-10-21-13/h2-3,5-7,10H,4,9,11H2,1H3. The van der Waals surface area contributed by atoms with E-state index in [0.717, 1.165) is 0 Å². The lowest BCUT2D eigenvalue weighted by atomic mass is 10.1. The third kappa shape index (κ3) is 3.48. The molecule has 0 N–H and O–H groups in total. The number of nitrogens with zero attached hydrogens (tertiary/aromatic N) is 2. The van der Waals surface area contributed by atoms with Gasteiger partial charge in [-0.1, -0.05) is 12.1 Å². The molecule has 0 spiro atoms. The number of aryl methyl sites for hydroxylation is 1. The summed E-state index contributed by atoms with van der Waals surface area (Å²) in [5, 5.41) is 8.71. The van der Waals surface area contributed by atoms with Gasteiger partial charge in [0.15, 0.2) is 0 Å². The maximum atomic E-state index is 14.1. The first-order chi connectivity index (χ1) is 10.1. The van der Waals surface area contributed by atoms with Crippen LogP contribution in [0.15, 0.2) is 41.0 Å². The zero-order valence-corrected chi connectivity index (χ0v) is 11.7. The lowest BCUT2D eigenvalue weighted by Gasteiger charge is -2.21. The van der Waals surface area contributed by atoms with Crippen LogP contribution in [0.3, 0.4) is 0 Å². The highest BCUT2D eigenvalue weighted by Crippen LogP contribution is 2.16. The Kier molecular flexibility index (Phi) is 4.72. The number of rotatable bonds is 5. The van der Waals surface area contributed by atoms with Crippen molar-refractivity contribution in [1.82, 2.24) is 4.90 Å². The molecule has 5 heteroatoms. The van der Waals surface area contributed by atoms with Crippen LogP contribution in [0.25, 0.3) is 0 Å². The van der Waals surface area contributed by atoms with Crippen LogP contribution in [0.5, 0.6) is 0 Å². The minimum Gasteiger partial charge on any atom is -0.467 e. The quantitative estimate of drug-likeness (QED) is 0.847. The SMILES string of the molecule is Cc1cccc(C(=O)N(CCC#N)Cc2ccco2)c1F. The molecule has 0 bridgehead atoms. The Labute approximate surface area is 122 Å². The first-order valence-corrected chi connectivity index (χ1v) is 6.57. The molecule has 1 aromatic carbocycles. The second kappa shape index (κ2) is 6.71. The second-order valence-electron chi connectivity index (χ2n) is 4.65. The van der Waals surface area contributed by atoms with Crippen molar-refractivity contribution >= 4 is 5.91 Å². The zero-order chi connectivity index (χ0) is 15.2. The Hall–Kier alpha value is -2.61. The Bertz CT molecular complexity index is 659. The Morgan fingerprint density at radius 1 is 1.38 bits per heavy atom. The Balaban J connectivity index is 2.25. The van der Waals surface area contributed by atoms with Crippen LogP contribution in [0.4, 0.5) is 4.39 Å². The van der Waals surface area contributed by atoms with E-state index in [1.807, 2.05) is 6.07 Å². The van der Waals surface area contributed by atoms with E-state index in [1.54, 1.807) is 31.2 Å². The summed E-state index contributed by atoms with van der Waals surface area (Å²) in [6.45, 7) is 2.04. The minimum absolute atomic E-state index is 0.0134. The third-order valence-corrected chi connectivity index (χ3v) is 3.13. The van der Waals surface area contributed by atoms with E-state index >= 15 is 0 Å². The maximum absolute atomic E-state index is 14.1. The summed E-state index contributed by atoms with van der Waals surface area (Å²) >= 11 is 0. The largest absolute Gasteiger partial charge is 0.467 e. The molecule has 108 valence electrons. The molecule has 0 fully saturated rings. The maximum Gasteiger partial charge on any atom is 0.257 e. The molecule has 0 aliphatic heterocycles. The van der Waals surface area contributed by atoms with Gasteiger partial charge in [0.05, 0.1) is 30.9 Å². The average molecular weight is 286 g/mol. The van der Waals surface area contributed by atoms with E-state index in [0.29, 0.717) is 11.3 Å². The van der Waals surface area contributed by atoms with Crippen LogP contribution in [0.2, 0.25) is 0 Å². The van der Waals surface area contributed by atoms with E-state index in [2.05, 4.69) is 0 Å². The van der Waals surface area contributed by atoms with Crippen LogP contribution < -0.4 is 0 Å². The fourth-order valence-electron chi connectivity index (χ4n) is 2.01. The summed E-state index contributed by atoms with van der Waals surface area (Å²) < 4.78 is 19.3. The molecule has 21 heavy (non-hydrogen) atoms. The highest BCUT2D eigenvalue weighted by atomic mass is 19.1. The first kappa shape index (κ1) is 14.8. The van der Waals surface area contributed by atoms with Gasteiger partial charge in [0.25, 0.3) is 5.91 Å². The molecule has 0 atom stereocenters. The third-order valence-electron chi connectivity index (χ3n) is 3.13. The van der Waals surface area contributed by atoms with Gasteiger partial charge in [-0.3, -0.25) is 4.79 Å². The van der Waals surface area contributed by atoms with Gasteiger partial charge in [-0.25, -0.2) is 4.39 Å². The fraction of sp³-hybridized carbons (Fsp3) is 0.250. The molecule has 1 amide bonds. The molecule has 0 aliphatic carbocycles. The van der Waals surface area contributed by atoms with Crippen molar-refractivity contribution in [3.8, 4) is 6.07 Å². The number of furan rings is 1. The van der Waals surface area contributed by atoms with Crippen molar-refractivity contribution in [2.24, 2.45) is 0 Å². The number of carbonyl (C=O) groups excluding carboxylic acids is 1. The van der Waals surface area contributed by atoms with E-state index in [4.69, 9.17) is 9.68 Å². The van der Waals surface area contributed by atoms with Gasteiger partial charge >= 0.3 is 0 Å². The van der Waals surface area contributed by atoms with Gasteiger partial charge in [-0.15, -0.1) is 0 Å². The smallest absolute Gasteiger partial charge is 0.257 e. The van der Waals surface area contributed by atoms with Gasteiger partial charge < -0.3 is 9.32 Å². The normalized spacial score (nSPS) is 10.1. The second-order valence-corrected chi connectivity index (χ2v) is 4.65. The number of halogens is 1. The first-order valence-electron chi connectivity index (χ1n) is 6.57. The average Bonchev–Trinajstić information content (AvgIpc) is 2.98. The summed E-state index contributed by atoms with van der Waals surface area (Å²) in [5.74, 6) is -0.374. The topological polar surface area (TPSA) is 57.2 Å². The van der Waals surface area contributed by atoms with Gasteiger partial charge in [-0.2, -0.15) is 5.26 Å². The van der Waals surface area contributed by atoms with Crippen LogP contribution in [0.1, 0.15) is 28.1 Å². The monoisotopic (exact) mass is 286 g/mol. The number of hydrogen-bond donors (Lipinski definition) is 0. The van der Waals surface area contributed by atoms with Crippen LogP contribution >= 0.6 is 0 Å². The minimum atomic E-state index is -0.524. The number of benzene rings is 1.